The molecule has 1 rings (SSSR count). The highest BCUT2D eigenvalue weighted by Crippen LogP contribution is 2.28. The molecule has 0 aliphatic heterocycles. The Bertz CT molecular complexity index is 420. The normalized spacial score (nSPS) is 28.3. The van der Waals surface area contributed by atoms with E-state index in [0.29, 0.717) is 6.08 Å². The lowest BCUT2D eigenvalue weighted by Crippen LogP contribution is -2.48. The summed E-state index contributed by atoms with van der Waals surface area (Å²) in [5.74, 6) is -6.53. The van der Waals surface area contributed by atoms with Crippen LogP contribution in [0.25, 0.3) is 0 Å². The standard InChI is InChI=1S/C9H8O7/c10-6(11)4-1-2-5(7(12)13)9(16,3-4)8(14)15/h1-3,5,16H,(H,10,11)(H,12,13)(H,14,15)/t5-,9?/m0/s1. The van der Waals surface area contributed by atoms with E-state index >= 15 is 0 Å². The van der Waals surface area contributed by atoms with Crippen LogP contribution in [0.1, 0.15) is 0 Å². The summed E-state index contributed by atoms with van der Waals surface area (Å²) in [5.41, 5.74) is -3.21. The number of rotatable bonds is 3. The highest BCUT2D eigenvalue weighted by molar-refractivity contribution is 5.96. The first-order valence-electron chi connectivity index (χ1n) is 4.12. The summed E-state index contributed by atoms with van der Waals surface area (Å²) in [4.78, 5) is 32.0. The van der Waals surface area contributed by atoms with Crippen molar-refractivity contribution in [3.63, 3.8) is 0 Å². The molecule has 0 saturated heterocycles. The van der Waals surface area contributed by atoms with Crippen molar-refractivity contribution in [1.29, 1.82) is 0 Å². The number of aliphatic carboxylic acids is 3. The van der Waals surface area contributed by atoms with Crippen LogP contribution in [0.3, 0.4) is 0 Å². The van der Waals surface area contributed by atoms with E-state index in [1.54, 1.807) is 0 Å². The smallest absolute Gasteiger partial charge is 0.341 e. The first-order chi connectivity index (χ1) is 7.29. The number of carbonyl (C=O) groups is 3. The SMILES string of the molecule is O=C(O)C1=CC(O)(C(=O)O)[C@H](C(=O)O)C=C1. The molecule has 0 amide bonds. The molecule has 1 aliphatic rings. The second-order valence-electron chi connectivity index (χ2n) is 3.21. The van der Waals surface area contributed by atoms with Crippen molar-refractivity contribution in [2.24, 2.45) is 5.92 Å². The van der Waals surface area contributed by atoms with E-state index in [4.69, 9.17) is 15.3 Å². The Morgan fingerprint density at radius 2 is 1.75 bits per heavy atom. The molecule has 7 heteroatoms. The minimum atomic E-state index is -2.74. The van der Waals surface area contributed by atoms with Gasteiger partial charge in [-0.25, -0.2) is 9.59 Å². The van der Waals surface area contributed by atoms with Crippen LogP contribution in [-0.4, -0.2) is 43.9 Å². The maximum absolute atomic E-state index is 10.8. The van der Waals surface area contributed by atoms with E-state index in [-0.39, 0.29) is 0 Å². The van der Waals surface area contributed by atoms with Crippen molar-refractivity contribution in [3.8, 4) is 0 Å². The third-order valence-corrected chi connectivity index (χ3v) is 2.17. The van der Waals surface area contributed by atoms with Crippen LogP contribution in [0, 0.1) is 5.92 Å². The highest BCUT2D eigenvalue weighted by Gasteiger charge is 2.47. The second-order valence-corrected chi connectivity index (χ2v) is 3.21. The predicted molar refractivity (Wildman–Crippen MR) is 48.6 cm³/mol. The molecule has 0 aromatic heterocycles. The number of hydrogen-bond donors (Lipinski definition) is 4. The molecule has 1 unspecified atom stereocenters. The lowest BCUT2D eigenvalue weighted by atomic mass is 9.81. The molecule has 86 valence electrons. The van der Waals surface area contributed by atoms with E-state index in [2.05, 4.69) is 0 Å². The van der Waals surface area contributed by atoms with Crippen molar-refractivity contribution in [2.75, 3.05) is 0 Å². The van der Waals surface area contributed by atoms with Gasteiger partial charge in [0, 0.05) is 0 Å². The van der Waals surface area contributed by atoms with Gasteiger partial charge < -0.3 is 20.4 Å². The maximum atomic E-state index is 10.8. The zero-order valence-corrected chi connectivity index (χ0v) is 7.82. The topological polar surface area (TPSA) is 132 Å². The lowest BCUT2D eigenvalue weighted by molar-refractivity contribution is -0.165. The average molecular weight is 228 g/mol. The van der Waals surface area contributed by atoms with Crippen molar-refractivity contribution in [3.05, 3.63) is 23.8 Å². The Kier molecular flexibility index (Phi) is 2.82. The molecular weight excluding hydrogens is 220 g/mol. The molecule has 0 fully saturated rings. The van der Waals surface area contributed by atoms with Crippen LogP contribution >= 0.6 is 0 Å². The molecule has 0 heterocycles. The van der Waals surface area contributed by atoms with Crippen LogP contribution in [0.15, 0.2) is 23.8 Å². The monoisotopic (exact) mass is 228 g/mol. The van der Waals surface area contributed by atoms with Crippen molar-refractivity contribution < 1.29 is 34.8 Å². The molecule has 0 aromatic rings. The fourth-order valence-electron chi connectivity index (χ4n) is 1.32. The average Bonchev–Trinajstić information content (AvgIpc) is 2.16. The van der Waals surface area contributed by atoms with Crippen LogP contribution in [0.4, 0.5) is 0 Å². The molecule has 1 aliphatic carbocycles. The zero-order valence-electron chi connectivity index (χ0n) is 7.82. The van der Waals surface area contributed by atoms with Gasteiger partial charge in [0.2, 0.25) is 0 Å². The summed E-state index contributed by atoms with van der Waals surface area (Å²) in [5, 5.41) is 35.7. The van der Waals surface area contributed by atoms with Gasteiger partial charge >= 0.3 is 17.9 Å². The fraction of sp³-hybridized carbons (Fsp3) is 0.222. The summed E-state index contributed by atoms with van der Waals surface area (Å²) in [6.45, 7) is 0. The van der Waals surface area contributed by atoms with E-state index in [0.717, 1.165) is 12.2 Å². The summed E-state index contributed by atoms with van der Waals surface area (Å²) in [7, 11) is 0. The molecule has 0 bridgehead atoms. The third-order valence-electron chi connectivity index (χ3n) is 2.17. The van der Waals surface area contributed by atoms with Gasteiger partial charge in [-0.1, -0.05) is 12.2 Å². The molecule has 4 N–H and O–H groups in total. The minimum Gasteiger partial charge on any atom is -0.481 e. The molecule has 0 saturated carbocycles. The van der Waals surface area contributed by atoms with Gasteiger partial charge in [-0.05, 0) is 6.08 Å². The van der Waals surface area contributed by atoms with E-state index in [1.807, 2.05) is 0 Å². The molecular formula is C9H8O7. The first-order valence-corrected chi connectivity index (χ1v) is 4.12. The Labute approximate surface area is 88.9 Å². The van der Waals surface area contributed by atoms with E-state index in [9.17, 15) is 19.5 Å². The van der Waals surface area contributed by atoms with Gasteiger partial charge in [0.1, 0.15) is 5.92 Å². The summed E-state index contributed by atoms with van der Waals surface area (Å²) in [6, 6.07) is 0. The van der Waals surface area contributed by atoms with Crippen LogP contribution in [-0.2, 0) is 14.4 Å². The Morgan fingerprint density at radius 3 is 2.12 bits per heavy atom. The molecule has 0 spiro atoms. The molecule has 7 nitrogen and oxygen atoms in total. The van der Waals surface area contributed by atoms with Gasteiger partial charge in [-0.15, -0.1) is 0 Å². The Hall–Kier alpha value is -2.15. The Balaban J connectivity index is 3.26. The van der Waals surface area contributed by atoms with Gasteiger partial charge in [0.25, 0.3) is 0 Å². The van der Waals surface area contributed by atoms with Crippen molar-refractivity contribution in [1.82, 2.24) is 0 Å². The van der Waals surface area contributed by atoms with Crippen LogP contribution in [0.5, 0.6) is 0 Å². The number of aliphatic hydroxyl groups is 1. The highest BCUT2D eigenvalue weighted by atomic mass is 16.4. The first kappa shape index (κ1) is 11.9. The fourth-order valence-corrected chi connectivity index (χ4v) is 1.32. The van der Waals surface area contributed by atoms with Crippen LogP contribution in [0.2, 0.25) is 0 Å². The van der Waals surface area contributed by atoms with E-state index in [1.165, 1.54) is 0 Å². The zero-order chi connectivity index (χ0) is 12.5. The van der Waals surface area contributed by atoms with Crippen molar-refractivity contribution >= 4 is 17.9 Å². The second kappa shape index (κ2) is 3.78. The van der Waals surface area contributed by atoms with Gasteiger partial charge in [0.05, 0.1) is 5.57 Å². The van der Waals surface area contributed by atoms with Gasteiger partial charge in [-0.2, -0.15) is 0 Å². The summed E-state index contributed by atoms with van der Waals surface area (Å²) < 4.78 is 0. The molecule has 0 aromatic carbocycles. The van der Waals surface area contributed by atoms with Crippen molar-refractivity contribution in [2.45, 2.75) is 5.60 Å². The quantitative estimate of drug-likeness (QED) is 0.491. The number of carboxylic acids is 3. The molecule has 2 atom stereocenters. The minimum absolute atomic E-state index is 0.470. The van der Waals surface area contributed by atoms with Gasteiger partial charge in [0.15, 0.2) is 5.60 Å². The van der Waals surface area contributed by atoms with Gasteiger partial charge in [-0.3, -0.25) is 4.79 Å². The molecule has 16 heavy (non-hydrogen) atoms. The number of carboxylic acid groups (broad SMARTS) is 3. The predicted octanol–water partition coefficient (Wildman–Crippen LogP) is -0.916. The molecule has 0 radical (unpaired) electrons. The lowest BCUT2D eigenvalue weighted by Gasteiger charge is -2.27. The number of hydrogen-bond acceptors (Lipinski definition) is 4. The third kappa shape index (κ3) is 1.80. The summed E-state index contributed by atoms with van der Waals surface area (Å²) >= 11 is 0. The summed E-state index contributed by atoms with van der Waals surface area (Å²) in [6.07, 6.45) is 2.29. The Morgan fingerprint density at radius 1 is 1.19 bits per heavy atom. The van der Waals surface area contributed by atoms with E-state index < -0.39 is 35.0 Å². The van der Waals surface area contributed by atoms with Crippen LogP contribution < -0.4 is 0 Å². The maximum Gasteiger partial charge on any atom is 0.341 e. The largest absolute Gasteiger partial charge is 0.481 e.